The highest BCUT2D eigenvalue weighted by Crippen LogP contribution is 2.41. The fourth-order valence-electron chi connectivity index (χ4n) is 5.73. The van der Waals surface area contributed by atoms with Gasteiger partial charge in [0.05, 0.1) is 23.8 Å². The van der Waals surface area contributed by atoms with Gasteiger partial charge < -0.3 is 25.1 Å². The quantitative estimate of drug-likeness (QED) is 0.0857. The number of amides is 4. The molecule has 0 aliphatic carbocycles. The van der Waals surface area contributed by atoms with Crippen LogP contribution in [-0.4, -0.2) is 61.6 Å². The normalized spacial score (nSPS) is 12.9. The van der Waals surface area contributed by atoms with Crippen LogP contribution >= 0.6 is 0 Å². The summed E-state index contributed by atoms with van der Waals surface area (Å²) in [6.07, 6.45) is -8.32. The predicted octanol–water partition coefficient (Wildman–Crippen LogP) is 7.40. The standard InChI is InChI=1S/C43H52F3N5O7Si/c1-28(2)36(38(43(44,45)46)58-59(6,7)42(3,4)5)49-35(53)26-51-33(31-21-15-10-16-22-31)23-32(39(54)48-25-34(52)47-24-29-17-11-8-12-18-29)37(40(51)55)50-41(56)57-27-30-19-13-9-14-20-30/h8-23,28,36,38H,24-27H2,1-7H3,(H,47,52)(H,48,54)(H,49,53)(H,50,56). The van der Waals surface area contributed by atoms with Gasteiger partial charge in [-0.05, 0) is 46.8 Å². The van der Waals surface area contributed by atoms with Crippen molar-refractivity contribution in [2.45, 2.75) is 90.8 Å². The summed E-state index contributed by atoms with van der Waals surface area (Å²) in [6.45, 7) is 10.5. The number of hydrogen-bond acceptors (Lipinski definition) is 7. The summed E-state index contributed by atoms with van der Waals surface area (Å²) in [5, 5.41) is 9.42. The number of nitrogens with zero attached hydrogens (tertiary/aromatic N) is 1. The number of halogens is 3. The molecule has 0 radical (unpaired) electrons. The second-order valence-corrected chi connectivity index (χ2v) is 20.6. The first kappa shape index (κ1) is 46.0. The first-order valence-electron chi connectivity index (χ1n) is 19.1. The fraction of sp³-hybridized carbons (Fsp3) is 0.372. The van der Waals surface area contributed by atoms with Gasteiger partial charge in [-0.15, -0.1) is 0 Å². The van der Waals surface area contributed by atoms with E-state index in [-0.39, 0.29) is 24.4 Å². The van der Waals surface area contributed by atoms with Gasteiger partial charge >= 0.3 is 12.3 Å². The van der Waals surface area contributed by atoms with Crippen LogP contribution in [0.4, 0.5) is 23.7 Å². The molecular weight excluding hydrogens is 784 g/mol. The van der Waals surface area contributed by atoms with E-state index in [9.17, 15) is 37.1 Å². The Hall–Kier alpha value is -5.74. The minimum absolute atomic E-state index is 0.0265. The lowest BCUT2D eigenvalue weighted by Crippen LogP contribution is -2.59. The van der Waals surface area contributed by atoms with Gasteiger partial charge in [-0.2, -0.15) is 13.2 Å². The van der Waals surface area contributed by atoms with Crippen LogP contribution in [-0.2, 0) is 38.4 Å². The van der Waals surface area contributed by atoms with Crippen molar-refractivity contribution in [1.29, 1.82) is 0 Å². The number of pyridine rings is 1. The molecule has 0 aliphatic heterocycles. The number of hydrogen-bond donors (Lipinski definition) is 4. The third kappa shape index (κ3) is 12.9. The van der Waals surface area contributed by atoms with Crippen LogP contribution < -0.4 is 26.8 Å². The lowest BCUT2D eigenvalue weighted by Gasteiger charge is -2.42. The van der Waals surface area contributed by atoms with E-state index in [2.05, 4.69) is 21.3 Å². The molecule has 0 saturated carbocycles. The Balaban J connectivity index is 1.73. The van der Waals surface area contributed by atoms with Crippen LogP contribution in [0.2, 0.25) is 18.1 Å². The molecule has 3 aromatic carbocycles. The summed E-state index contributed by atoms with van der Waals surface area (Å²) in [5.74, 6) is -3.17. The van der Waals surface area contributed by atoms with E-state index < -0.39 is 85.7 Å². The maximum Gasteiger partial charge on any atom is 0.415 e. The minimum Gasteiger partial charge on any atom is -0.444 e. The highest BCUT2D eigenvalue weighted by molar-refractivity contribution is 6.74. The topological polar surface area (TPSA) is 157 Å². The van der Waals surface area contributed by atoms with Crippen LogP contribution in [0.1, 0.15) is 56.1 Å². The van der Waals surface area contributed by atoms with Gasteiger partial charge in [0.1, 0.15) is 18.8 Å². The minimum atomic E-state index is -4.85. The highest BCUT2D eigenvalue weighted by Gasteiger charge is 2.52. The number of carbonyl (C=O) groups excluding carboxylic acids is 4. The Kier molecular flexibility index (Phi) is 15.4. The van der Waals surface area contributed by atoms with Crippen LogP contribution in [0.5, 0.6) is 0 Å². The Bertz CT molecular complexity index is 2130. The Morgan fingerprint density at radius 1 is 0.797 bits per heavy atom. The van der Waals surface area contributed by atoms with Crippen molar-refractivity contribution in [3.05, 3.63) is 124 Å². The molecule has 16 heteroatoms. The number of ether oxygens (including phenoxy) is 1. The average Bonchev–Trinajstić information content (AvgIpc) is 3.18. The molecule has 0 aliphatic rings. The molecule has 0 bridgehead atoms. The monoisotopic (exact) mass is 835 g/mol. The number of aromatic nitrogens is 1. The van der Waals surface area contributed by atoms with Gasteiger partial charge in [-0.25, -0.2) is 4.79 Å². The number of anilines is 1. The first-order chi connectivity index (χ1) is 27.7. The molecule has 0 fully saturated rings. The molecule has 4 amide bonds. The summed E-state index contributed by atoms with van der Waals surface area (Å²) < 4.78 is 56.4. The molecule has 1 aromatic heterocycles. The number of nitrogens with one attached hydrogen (secondary N) is 4. The smallest absolute Gasteiger partial charge is 0.415 e. The van der Waals surface area contributed by atoms with Crippen molar-refractivity contribution in [3.8, 4) is 11.3 Å². The predicted molar refractivity (Wildman–Crippen MR) is 222 cm³/mol. The van der Waals surface area contributed by atoms with Gasteiger partial charge in [0, 0.05) is 6.54 Å². The van der Waals surface area contributed by atoms with Crippen LogP contribution in [0.15, 0.2) is 102 Å². The molecule has 59 heavy (non-hydrogen) atoms. The second kappa shape index (κ2) is 19.8. The van der Waals surface area contributed by atoms with Gasteiger partial charge in [-0.1, -0.05) is 126 Å². The van der Waals surface area contributed by atoms with Gasteiger partial charge in [-0.3, -0.25) is 29.1 Å². The molecule has 4 aromatic rings. The summed E-state index contributed by atoms with van der Waals surface area (Å²) in [6, 6.07) is 25.7. The maximum absolute atomic E-state index is 14.8. The van der Waals surface area contributed by atoms with E-state index in [1.165, 1.54) is 19.9 Å². The van der Waals surface area contributed by atoms with E-state index in [4.69, 9.17) is 9.16 Å². The molecule has 0 spiro atoms. The first-order valence-corrected chi connectivity index (χ1v) is 22.0. The van der Waals surface area contributed by atoms with E-state index in [1.807, 2.05) is 30.3 Å². The van der Waals surface area contributed by atoms with Crippen molar-refractivity contribution in [3.63, 3.8) is 0 Å². The summed E-state index contributed by atoms with van der Waals surface area (Å²) in [4.78, 5) is 68.1. The molecule has 2 unspecified atom stereocenters. The summed E-state index contributed by atoms with van der Waals surface area (Å²) in [5.41, 5.74) is -0.151. The maximum atomic E-state index is 14.8. The van der Waals surface area contributed by atoms with Crippen molar-refractivity contribution < 1.29 is 41.5 Å². The number of rotatable bonds is 16. The van der Waals surface area contributed by atoms with Crippen LogP contribution in [0.25, 0.3) is 11.3 Å². The molecule has 0 saturated heterocycles. The van der Waals surface area contributed by atoms with Crippen molar-refractivity contribution >= 4 is 37.8 Å². The summed E-state index contributed by atoms with van der Waals surface area (Å²) in [7, 11) is -3.02. The van der Waals surface area contributed by atoms with Crippen LogP contribution in [0, 0.1) is 5.92 Å². The van der Waals surface area contributed by atoms with E-state index >= 15 is 0 Å². The van der Waals surface area contributed by atoms with Gasteiger partial charge in [0.15, 0.2) is 14.4 Å². The van der Waals surface area contributed by atoms with E-state index in [1.54, 1.807) is 94.5 Å². The SMILES string of the molecule is CC(C)C(NC(=O)Cn1c(-c2ccccc2)cc(C(=O)NCC(=O)NCc2ccccc2)c(NC(=O)OCc2ccccc2)c1=O)C(O[Si](C)(C)C(C)(C)C)C(F)(F)F. The number of carbonyl (C=O) groups is 4. The Morgan fingerprint density at radius 2 is 1.36 bits per heavy atom. The Morgan fingerprint density at radius 3 is 1.90 bits per heavy atom. The van der Waals surface area contributed by atoms with Crippen molar-refractivity contribution in [2.75, 3.05) is 11.9 Å². The average molecular weight is 836 g/mol. The van der Waals surface area contributed by atoms with Gasteiger partial charge in [0.25, 0.3) is 11.5 Å². The lowest BCUT2D eigenvalue weighted by atomic mass is 9.98. The van der Waals surface area contributed by atoms with Gasteiger partial charge in [0.2, 0.25) is 11.8 Å². The molecule has 4 rings (SSSR count). The second-order valence-electron chi connectivity index (χ2n) is 15.9. The molecule has 1 heterocycles. The highest BCUT2D eigenvalue weighted by atomic mass is 28.4. The lowest BCUT2D eigenvalue weighted by molar-refractivity contribution is -0.210. The molecule has 4 N–H and O–H groups in total. The molecule has 2 atom stereocenters. The molecule has 12 nitrogen and oxygen atoms in total. The molecule has 316 valence electrons. The fourth-order valence-corrected chi connectivity index (χ4v) is 7.00. The number of benzene rings is 3. The molecular formula is C43H52F3N5O7Si. The zero-order chi connectivity index (χ0) is 43.5. The van der Waals surface area contributed by atoms with Crippen molar-refractivity contribution in [2.24, 2.45) is 5.92 Å². The van der Waals surface area contributed by atoms with Crippen molar-refractivity contribution in [1.82, 2.24) is 20.5 Å². The third-order valence-corrected chi connectivity index (χ3v) is 14.5. The van der Waals surface area contributed by atoms with Crippen LogP contribution in [0.3, 0.4) is 0 Å². The van der Waals surface area contributed by atoms with E-state index in [0.29, 0.717) is 11.1 Å². The third-order valence-electron chi connectivity index (χ3n) is 10.0. The Labute approximate surface area is 343 Å². The number of alkyl halides is 3. The zero-order valence-corrected chi connectivity index (χ0v) is 35.2. The zero-order valence-electron chi connectivity index (χ0n) is 34.2. The van der Waals surface area contributed by atoms with E-state index in [0.717, 1.165) is 10.1 Å². The largest absolute Gasteiger partial charge is 0.444 e. The summed E-state index contributed by atoms with van der Waals surface area (Å²) >= 11 is 0.